The van der Waals surface area contributed by atoms with E-state index in [9.17, 15) is 9.59 Å². The van der Waals surface area contributed by atoms with Gasteiger partial charge >= 0.3 is 0 Å². The lowest BCUT2D eigenvalue weighted by molar-refractivity contribution is -0.111. The van der Waals surface area contributed by atoms with Gasteiger partial charge < -0.3 is 10.2 Å². The molecule has 36 heavy (non-hydrogen) atoms. The lowest BCUT2D eigenvalue weighted by atomic mass is 10.1. The van der Waals surface area contributed by atoms with Gasteiger partial charge in [-0.05, 0) is 69.0 Å². The van der Waals surface area contributed by atoms with Crippen LogP contribution in [0.25, 0.3) is 33.2 Å². The number of carbonyl (C=O) groups is 1. The molecule has 180 valence electrons. The van der Waals surface area contributed by atoms with E-state index >= 15 is 0 Å². The molecule has 0 aliphatic rings. The van der Waals surface area contributed by atoms with E-state index in [0.29, 0.717) is 17.9 Å². The quantitative estimate of drug-likeness (QED) is 0.294. The molecule has 0 unspecified atom stereocenters. The minimum atomic E-state index is -0.221. The Labute approximate surface area is 208 Å². The summed E-state index contributed by atoms with van der Waals surface area (Å²) in [6.45, 7) is 2.59. The van der Waals surface area contributed by atoms with Gasteiger partial charge in [0.05, 0.1) is 22.4 Å². The maximum atomic E-state index is 13.2. The number of likely N-dealkylation sites (N-methyl/N-ethyl adjacent to an activating group) is 1. The van der Waals surface area contributed by atoms with Crippen LogP contribution in [0.2, 0.25) is 0 Å². The zero-order valence-electron chi connectivity index (χ0n) is 20.3. The molecule has 2 aromatic carbocycles. The molecular formula is C28H26N6O2. The predicted octanol–water partition coefficient (Wildman–Crippen LogP) is 4.09. The fraction of sp³-hybridized carbons (Fsp3) is 0.143. The van der Waals surface area contributed by atoms with Crippen LogP contribution in [0, 0.1) is 6.92 Å². The number of rotatable bonds is 6. The summed E-state index contributed by atoms with van der Waals surface area (Å²) < 4.78 is 3.44. The van der Waals surface area contributed by atoms with Crippen molar-refractivity contribution in [1.82, 2.24) is 24.2 Å². The number of aromatic nitrogens is 4. The van der Waals surface area contributed by atoms with E-state index in [4.69, 9.17) is 0 Å². The molecule has 8 heteroatoms. The van der Waals surface area contributed by atoms with Crippen molar-refractivity contribution in [3.63, 3.8) is 0 Å². The molecule has 0 atom stereocenters. The van der Waals surface area contributed by atoms with Crippen molar-refractivity contribution in [2.24, 2.45) is 0 Å². The van der Waals surface area contributed by atoms with Gasteiger partial charge in [0, 0.05) is 53.7 Å². The number of nitrogens with one attached hydrogen (secondary N) is 1. The molecular weight excluding hydrogens is 452 g/mol. The van der Waals surface area contributed by atoms with E-state index in [2.05, 4.69) is 15.4 Å². The molecule has 0 aliphatic carbocycles. The molecule has 0 spiro atoms. The second-order valence-corrected chi connectivity index (χ2v) is 8.87. The predicted molar refractivity (Wildman–Crippen MR) is 143 cm³/mol. The third-order valence-electron chi connectivity index (χ3n) is 5.95. The number of fused-ring (bicyclic) bond motifs is 3. The van der Waals surface area contributed by atoms with Gasteiger partial charge in [0.15, 0.2) is 0 Å². The van der Waals surface area contributed by atoms with Crippen LogP contribution in [0.15, 0.2) is 90.1 Å². The van der Waals surface area contributed by atoms with E-state index < -0.39 is 0 Å². The summed E-state index contributed by atoms with van der Waals surface area (Å²) in [5.74, 6) is -0.221. The fourth-order valence-electron chi connectivity index (χ4n) is 4.15. The van der Waals surface area contributed by atoms with Crippen molar-refractivity contribution < 1.29 is 4.79 Å². The smallest absolute Gasteiger partial charge is 0.255 e. The highest BCUT2D eigenvalue weighted by Crippen LogP contribution is 2.28. The molecule has 0 bridgehead atoms. The molecule has 0 saturated heterocycles. The first kappa shape index (κ1) is 23.2. The summed E-state index contributed by atoms with van der Waals surface area (Å²) in [7, 11) is 3.88. The molecule has 0 saturated carbocycles. The topological polar surface area (TPSA) is 85.0 Å². The zero-order chi connectivity index (χ0) is 25.2. The Hall–Kier alpha value is -4.56. The summed E-state index contributed by atoms with van der Waals surface area (Å²) in [4.78, 5) is 32.3. The molecule has 0 fully saturated rings. The Bertz CT molecular complexity index is 1670. The molecule has 3 heterocycles. The van der Waals surface area contributed by atoms with Crippen molar-refractivity contribution in [3.8, 4) is 11.4 Å². The summed E-state index contributed by atoms with van der Waals surface area (Å²) in [6, 6.07) is 16.7. The number of benzene rings is 2. The first-order chi connectivity index (χ1) is 17.4. The Morgan fingerprint density at radius 2 is 1.92 bits per heavy atom. The van der Waals surface area contributed by atoms with Crippen LogP contribution in [-0.4, -0.2) is 50.8 Å². The maximum Gasteiger partial charge on any atom is 0.255 e. The molecule has 0 radical (unpaired) electrons. The highest BCUT2D eigenvalue weighted by Gasteiger charge is 2.13. The van der Waals surface area contributed by atoms with Crippen molar-refractivity contribution in [3.05, 3.63) is 101 Å². The van der Waals surface area contributed by atoms with Crippen LogP contribution in [0.1, 0.15) is 5.56 Å². The lowest BCUT2D eigenvalue weighted by Crippen LogP contribution is -2.18. The van der Waals surface area contributed by atoms with E-state index in [1.54, 1.807) is 33.8 Å². The van der Waals surface area contributed by atoms with Crippen LogP contribution in [0.4, 0.5) is 5.69 Å². The number of hydrogen-bond donors (Lipinski definition) is 1. The number of aryl methyl sites for hydroxylation is 1. The average molecular weight is 479 g/mol. The molecule has 5 aromatic rings. The Morgan fingerprint density at radius 3 is 2.69 bits per heavy atom. The summed E-state index contributed by atoms with van der Waals surface area (Å²) in [6.07, 6.45) is 8.69. The normalized spacial score (nSPS) is 11.7. The van der Waals surface area contributed by atoms with Crippen LogP contribution in [-0.2, 0) is 4.79 Å². The minimum absolute atomic E-state index is 0.175. The molecule has 0 aliphatic heterocycles. The molecule has 3 aromatic heterocycles. The van der Waals surface area contributed by atoms with Crippen LogP contribution in [0.3, 0.4) is 0 Å². The summed E-state index contributed by atoms with van der Waals surface area (Å²) in [5.41, 5.74) is 4.40. The van der Waals surface area contributed by atoms with Gasteiger partial charge in [-0.2, -0.15) is 5.10 Å². The standard InChI is InChI=1S/C28H26N6O2/c1-19-7-9-22(17-25(19)31-26(35)6-4-14-32(2)3)34-27(36)12-8-20-18-29-24-11-10-21(16-23(24)28(20)34)33-15-5-13-30-33/h4-13,15-18H,14H2,1-3H3,(H,31,35)/b6-4+. The third kappa shape index (κ3) is 4.54. The largest absolute Gasteiger partial charge is 0.322 e. The number of amides is 1. The van der Waals surface area contributed by atoms with Gasteiger partial charge in [0.2, 0.25) is 5.91 Å². The second-order valence-electron chi connectivity index (χ2n) is 8.87. The van der Waals surface area contributed by atoms with Crippen molar-refractivity contribution in [1.29, 1.82) is 0 Å². The van der Waals surface area contributed by atoms with Crippen LogP contribution in [0.5, 0.6) is 0 Å². The van der Waals surface area contributed by atoms with Crippen LogP contribution >= 0.6 is 0 Å². The maximum absolute atomic E-state index is 13.2. The van der Waals surface area contributed by atoms with Gasteiger partial charge in [0.25, 0.3) is 5.56 Å². The van der Waals surface area contributed by atoms with Gasteiger partial charge in [-0.25, -0.2) is 4.68 Å². The van der Waals surface area contributed by atoms with Gasteiger partial charge in [0.1, 0.15) is 0 Å². The van der Waals surface area contributed by atoms with Gasteiger partial charge in [-0.1, -0.05) is 12.1 Å². The fourth-order valence-corrected chi connectivity index (χ4v) is 4.15. The highest BCUT2D eigenvalue weighted by molar-refractivity contribution is 6.05. The van der Waals surface area contributed by atoms with E-state index in [1.165, 1.54) is 12.1 Å². The molecule has 1 N–H and O–H groups in total. The molecule has 5 rings (SSSR count). The van der Waals surface area contributed by atoms with Crippen molar-refractivity contribution in [2.45, 2.75) is 6.92 Å². The number of anilines is 1. The Balaban J connectivity index is 1.65. The first-order valence-corrected chi connectivity index (χ1v) is 11.6. The summed E-state index contributed by atoms with van der Waals surface area (Å²) in [5, 5.41) is 8.93. The number of nitrogens with zero attached hydrogens (tertiary/aromatic N) is 5. The number of carbonyl (C=O) groups excluding carboxylic acids is 1. The SMILES string of the molecule is Cc1ccc(-n2c(=O)ccc3cnc4ccc(-n5cccn5)cc4c32)cc1NC(=O)/C=C/CN(C)C. The Kier molecular flexibility index (Phi) is 6.18. The van der Waals surface area contributed by atoms with E-state index in [1.807, 2.05) is 74.6 Å². The van der Waals surface area contributed by atoms with E-state index in [-0.39, 0.29) is 11.5 Å². The van der Waals surface area contributed by atoms with Gasteiger partial charge in [-0.15, -0.1) is 0 Å². The number of pyridine rings is 2. The number of hydrogen-bond acceptors (Lipinski definition) is 5. The average Bonchev–Trinajstić information content (AvgIpc) is 3.40. The summed E-state index contributed by atoms with van der Waals surface area (Å²) >= 11 is 0. The first-order valence-electron chi connectivity index (χ1n) is 11.6. The van der Waals surface area contributed by atoms with Crippen LogP contribution < -0.4 is 10.9 Å². The van der Waals surface area contributed by atoms with Crippen molar-refractivity contribution >= 4 is 33.4 Å². The highest BCUT2D eigenvalue weighted by atomic mass is 16.1. The van der Waals surface area contributed by atoms with Gasteiger partial charge in [-0.3, -0.25) is 19.1 Å². The lowest BCUT2D eigenvalue weighted by Gasteiger charge is -2.15. The zero-order valence-corrected chi connectivity index (χ0v) is 20.3. The minimum Gasteiger partial charge on any atom is -0.322 e. The molecule has 1 amide bonds. The third-order valence-corrected chi connectivity index (χ3v) is 5.95. The monoisotopic (exact) mass is 478 g/mol. The second kappa shape index (κ2) is 9.59. The molecule has 8 nitrogen and oxygen atoms in total. The van der Waals surface area contributed by atoms with Crippen molar-refractivity contribution in [2.75, 3.05) is 26.0 Å². The Morgan fingerprint density at radius 1 is 1.08 bits per heavy atom. The van der Waals surface area contributed by atoms with E-state index in [0.717, 1.165) is 33.1 Å².